The molecule has 6 heteroatoms. The van der Waals surface area contributed by atoms with E-state index in [1.807, 2.05) is 0 Å². The van der Waals surface area contributed by atoms with Crippen LogP contribution in [0.1, 0.15) is 44.9 Å². The predicted octanol–water partition coefficient (Wildman–Crippen LogP) is 0.612. The Hall–Kier alpha value is -0.170. The first-order chi connectivity index (χ1) is 8.08. The van der Waals surface area contributed by atoms with Crippen molar-refractivity contribution in [1.29, 1.82) is 0 Å². The number of rotatable bonds is 4. The number of aliphatic hydroxyl groups excluding tert-OH is 1. The van der Waals surface area contributed by atoms with E-state index in [1.54, 1.807) is 0 Å². The van der Waals surface area contributed by atoms with Crippen molar-refractivity contribution in [3.05, 3.63) is 0 Å². The molecule has 0 aromatic heterocycles. The molecule has 0 amide bonds. The van der Waals surface area contributed by atoms with Crippen LogP contribution in [-0.2, 0) is 10.2 Å². The molecule has 17 heavy (non-hydrogen) atoms. The largest absolute Gasteiger partial charge is 0.394 e. The van der Waals surface area contributed by atoms with Gasteiger partial charge in [-0.3, -0.25) is 0 Å². The second-order valence-corrected chi connectivity index (χ2v) is 6.88. The lowest BCUT2D eigenvalue weighted by atomic mass is 9.78. The Labute approximate surface area is 103 Å². The van der Waals surface area contributed by atoms with E-state index in [-0.39, 0.29) is 6.61 Å². The summed E-state index contributed by atoms with van der Waals surface area (Å²) >= 11 is 0. The van der Waals surface area contributed by atoms with Gasteiger partial charge in [-0.25, -0.2) is 0 Å². The van der Waals surface area contributed by atoms with E-state index in [0.29, 0.717) is 13.1 Å². The zero-order valence-electron chi connectivity index (χ0n) is 10.2. The van der Waals surface area contributed by atoms with Crippen LogP contribution in [0.25, 0.3) is 0 Å². The van der Waals surface area contributed by atoms with E-state index in [0.717, 1.165) is 44.9 Å². The summed E-state index contributed by atoms with van der Waals surface area (Å²) < 4.78 is 28.7. The Kier molecular flexibility index (Phi) is 4.07. The lowest BCUT2D eigenvalue weighted by Crippen LogP contribution is -2.59. The number of hydrogen-bond donors (Lipinski definition) is 2. The van der Waals surface area contributed by atoms with Crippen LogP contribution in [0.5, 0.6) is 0 Å². The van der Waals surface area contributed by atoms with Gasteiger partial charge in [-0.15, -0.1) is 0 Å². The maximum atomic E-state index is 12.2. The highest BCUT2D eigenvalue weighted by Gasteiger charge is 2.41. The fourth-order valence-corrected chi connectivity index (χ4v) is 4.20. The van der Waals surface area contributed by atoms with E-state index >= 15 is 0 Å². The number of nitrogens with zero attached hydrogens (tertiary/aromatic N) is 1. The standard InChI is InChI=1S/C11H22N2O3S/c14-10-11(6-5-7-11)12-17(15,16)13-8-3-1-2-4-9-13/h12,14H,1-10H2. The quantitative estimate of drug-likeness (QED) is 0.780. The van der Waals surface area contributed by atoms with Gasteiger partial charge in [-0.05, 0) is 32.1 Å². The molecule has 0 radical (unpaired) electrons. The maximum absolute atomic E-state index is 12.2. The molecule has 1 heterocycles. The van der Waals surface area contributed by atoms with Crippen LogP contribution in [0.3, 0.4) is 0 Å². The van der Waals surface area contributed by atoms with Gasteiger partial charge < -0.3 is 5.11 Å². The molecular formula is C11H22N2O3S. The van der Waals surface area contributed by atoms with Gasteiger partial charge in [-0.2, -0.15) is 17.4 Å². The van der Waals surface area contributed by atoms with Crippen LogP contribution in [0.15, 0.2) is 0 Å². The van der Waals surface area contributed by atoms with Crippen LogP contribution in [0.4, 0.5) is 0 Å². The van der Waals surface area contributed by atoms with Gasteiger partial charge in [0.05, 0.1) is 12.1 Å². The van der Waals surface area contributed by atoms with Crippen LogP contribution >= 0.6 is 0 Å². The summed E-state index contributed by atoms with van der Waals surface area (Å²) in [5.41, 5.74) is -0.578. The zero-order valence-corrected chi connectivity index (χ0v) is 11.0. The van der Waals surface area contributed by atoms with Crippen LogP contribution in [-0.4, -0.2) is 43.1 Å². The minimum atomic E-state index is -3.41. The molecule has 2 fully saturated rings. The lowest BCUT2D eigenvalue weighted by molar-refractivity contribution is 0.108. The third-order valence-corrected chi connectivity index (χ3v) is 5.60. The third kappa shape index (κ3) is 2.99. The Balaban J connectivity index is 2.01. The van der Waals surface area contributed by atoms with Crippen molar-refractivity contribution in [3.8, 4) is 0 Å². The van der Waals surface area contributed by atoms with Crippen molar-refractivity contribution in [3.63, 3.8) is 0 Å². The lowest BCUT2D eigenvalue weighted by Gasteiger charge is -2.41. The molecule has 1 saturated heterocycles. The highest BCUT2D eigenvalue weighted by molar-refractivity contribution is 7.87. The average molecular weight is 262 g/mol. The van der Waals surface area contributed by atoms with E-state index in [2.05, 4.69) is 4.72 Å². The zero-order chi connectivity index (χ0) is 12.4. The van der Waals surface area contributed by atoms with Gasteiger partial charge in [0.2, 0.25) is 0 Å². The summed E-state index contributed by atoms with van der Waals surface area (Å²) in [4.78, 5) is 0. The number of aliphatic hydroxyl groups is 1. The van der Waals surface area contributed by atoms with Gasteiger partial charge in [-0.1, -0.05) is 12.8 Å². The first-order valence-corrected chi connectivity index (χ1v) is 7.92. The molecule has 2 N–H and O–H groups in total. The minimum absolute atomic E-state index is 0.0972. The Morgan fingerprint density at radius 1 is 1.06 bits per heavy atom. The molecule has 2 aliphatic rings. The maximum Gasteiger partial charge on any atom is 0.280 e. The highest BCUT2D eigenvalue weighted by Crippen LogP contribution is 2.32. The van der Waals surface area contributed by atoms with Gasteiger partial charge in [0, 0.05) is 13.1 Å². The molecule has 1 aliphatic heterocycles. The number of hydrogen-bond acceptors (Lipinski definition) is 3. The normalized spacial score (nSPS) is 26.2. The van der Waals surface area contributed by atoms with Crippen molar-refractivity contribution in [1.82, 2.24) is 9.03 Å². The van der Waals surface area contributed by atoms with Crippen molar-refractivity contribution < 1.29 is 13.5 Å². The predicted molar refractivity (Wildman–Crippen MR) is 65.8 cm³/mol. The van der Waals surface area contributed by atoms with Crippen LogP contribution in [0.2, 0.25) is 0 Å². The van der Waals surface area contributed by atoms with Gasteiger partial charge in [0.15, 0.2) is 0 Å². The second kappa shape index (κ2) is 5.22. The highest BCUT2D eigenvalue weighted by atomic mass is 32.2. The van der Waals surface area contributed by atoms with E-state index in [4.69, 9.17) is 0 Å². The first-order valence-electron chi connectivity index (χ1n) is 6.48. The Morgan fingerprint density at radius 3 is 2.06 bits per heavy atom. The molecule has 5 nitrogen and oxygen atoms in total. The van der Waals surface area contributed by atoms with E-state index in [9.17, 15) is 13.5 Å². The Bertz CT molecular complexity index is 338. The second-order valence-electron chi connectivity index (χ2n) is 5.21. The molecular weight excluding hydrogens is 240 g/mol. The summed E-state index contributed by atoms with van der Waals surface area (Å²) in [5.74, 6) is 0. The van der Waals surface area contributed by atoms with Crippen LogP contribution < -0.4 is 4.72 Å². The number of nitrogens with one attached hydrogen (secondary N) is 1. The summed E-state index contributed by atoms with van der Waals surface area (Å²) in [6.45, 7) is 1.12. The monoisotopic (exact) mass is 262 g/mol. The first kappa shape index (κ1) is 13.3. The van der Waals surface area contributed by atoms with Gasteiger partial charge in [0.1, 0.15) is 0 Å². The molecule has 0 spiro atoms. The topological polar surface area (TPSA) is 69.6 Å². The molecule has 0 aromatic rings. The molecule has 0 aromatic carbocycles. The fourth-order valence-electron chi connectivity index (χ4n) is 2.52. The molecule has 0 atom stereocenters. The summed E-state index contributed by atoms with van der Waals surface area (Å²) in [7, 11) is -3.41. The van der Waals surface area contributed by atoms with Crippen molar-refractivity contribution in [2.75, 3.05) is 19.7 Å². The molecule has 0 bridgehead atoms. The summed E-state index contributed by atoms with van der Waals surface area (Å²) in [6.07, 6.45) is 6.57. The molecule has 0 unspecified atom stereocenters. The Morgan fingerprint density at radius 2 is 1.65 bits per heavy atom. The van der Waals surface area contributed by atoms with Crippen molar-refractivity contribution in [2.45, 2.75) is 50.5 Å². The molecule has 100 valence electrons. The van der Waals surface area contributed by atoms with E-state index < -0.39 is 15.7 Å². The fraction of sp³-hybridized carbons (Fsp3) is 1.00. The summed E-state index contributed by atoms with van der Waals surface area (Å²) in [5, 5.41) is 9.31. The summed E-state index contributed by atoms with van der Waals surface area (Å²) in [6, 6.07) is 0. The molecule has 2 rings (SSSR count). The van der Waals surface area contributed by atoms with Crippen molar-refractivity contribution >= 4 is 10.2 Å². The smallest absolute Gasteiger partial charge is 0.280 e. The van der Waals surface area contributed by atoms with Crippen LogP contribution in [0, 0.1) is 0 Å². The average Bonchev–Trinajstić information content (AvgIpc) is 2.52. The van der Waals surface area contributed by atoms with Gasteiger partial charge >= 0.3 is 0 Å². The van der Waals surface area contributed by atoms with Gasteiger partial charge in [0.25, 0.3) is 10.2 Å². The van der Waals surface area contributed by atoms with Crippen molar-refractivity contribution in [2.24, 2.45) is 0 Å². The molecule has 1 aliphatic carbocycles. The minimum Gasteiger partial charge on any atom is -0.394 e. The molecule has 1 saturated carbocycles. The SMILES string of the molecule is O=S(=O)(NC1(CO)CCC1)N1CCCCCC1. The third-order valence-electron chi connectivity index (χ3n) is 3.86. The van der Waals surface area contributed by atoms with E-state index in [1.165, 1.54) is 4.31 Å².